The molecule has 5 nitrogen and oxygen atoms in total. The highest BCUT2D eigenvalue weighted by Gasteiger charge is 2.14. The van der Waals surface area contributed by atoms with Crippen LogP contribution in [0.1, 0.15) is 41.5 Å². The van der Waals surface area contributed by atoms with Crippen molar-refractivity contribution < 1.29 is 4.79 Å². The first-order valence-corrected chi connectivity index (χ1v) is 9.78. The highest BCUT2D eigenvalue weighted by atomic mass is 16.1. The molecule has 1 aliphatic rings. The molecule has 1 saturated heterocycles. The highest BCUT2D eigenvalue weighted by Crippen LogP contribution is 2.16. The van der Waals surface area contributed by atoms with E-state index >= 15 is 0 Å². The lowest BCUT2D eigenvalue weighted by Crippen LogP contribution is -2.25. The molecule has 2 aromatic carbocycles. The summed E-state index contributed by atoms with van der Waals surface area (Å²) < 4.78 is 2.15. The number of amides is 1. The van der Waals surface area contributed by atoms with E-state index in [1.807, 2.05) is 36.4 Å². The predicted molar refractivity (Wildman–Crippen MR) is 108 cm³/mol. The van der Waals surface area contributed by atoms with Crippen molar-refractivity contribution in [1.29, 1.82) is 0 Å². The Hall–Kier alpha value is -2.66. The van der Waals surface area contributed by atoms with Crippen LogP contribution in [0.25, 0.3) is 11.0 Å². The largest absolute Gasteiger partial charge is 0.345 e. The maximum absolute atomic E-state index is 12.7. The van der Waals surface area contributed by atoms with Gasteiger partial charge in [0.2, 0.25) is 0 Å². The number of nitrogens with zero attached hydrogens (tertiary/aromatic N) is 3. The van der Waals surface area contributed by atoms with Crippen LogP contribution in [-0.2, 0) is 19.6 Å². The molecule has 0 atom stereocenters. The van der Waals surface area contributed by atoms with Gasteiger partial charge in [-0.3, -0.25) is 9.69 Å². The number of benzene rings is 2. The van der Waals surface area contributed by atoms with Gasteiger partial charge in [0, 0.05) is 18.7 Å². The van der Waals surface area contributed by atoms with Crippen molar-refractivity contribution in [3.63, 3.8) is 0 Å². The fraction of sp³-hybridized carbons (Fsp3) is 0.364. The third-order valence-electron chi connectivity index (χ3n) is 5.25. The SMILES string of the molecule is CCn1c(CNC(=O)c2cccc(CN3CCCC3)c2)nc2ccccc21. The van der Waals surface area contributed by atoms with Gasteiger partial charge >= 0.3 is 0 Å². The smallest absolute Gasteiger partial charge is 0.251 e. The van der Waals surface area contributed by atoms with Gasteiger partial charge in [0.1, 0.15) is 5.82 Å². The summed E-state index contributed by atoms with van der Waals surface area (Å²) in [6, 6.07) is 16.1. The molecule has 0 saturated carbocycles. The summed E-state index contributed by atoms with van der Waals surface area (Å²) in [6.45, 7) is 6.59. The van der Waals surface area contributed by atoms with E-state index < -0.39 is 0 Å². The van der Waals surface area contributed by atoms with Crippen molar-refractivity contribution in [3.8, 4) is 0 Å². The van der Waals surface area contributed by atoms with E-state index in [-0.39, 0.29) is 5.91 Å². The number of imidazole rings is 1. The average Bonchev–Trinajstić information content (AvgIpc) is 3.33. The maximum Gasteiger partial charge on any atom is 0.251 e. The zero-order valence-corrected chi connectivity index (χ0v) is 15.8. The van der Waals surface area contributed by atoms with Crippen LogP contribution in [0.3, 0.4) is 0 Å². The first-order chi connectivity index (χ1) is 13.2. The maximum atomic E-state index is 12.7. The van der Waals surface area contributed by atoms with Crippen LogP contribution in [-0.4, -0.2) is 33.4 Å². The summed E-state index contributed by atoms with van der Waals surface area (Å²) in [4.78, 5) is 19.8. The zero-order valence-electron chi connectivity index (χ0n) is 15.8. The highest BCUT2D eigenvalue weighted by molar-refractivity contribution is 5.94. The molecule has 1 aliphatic heterocycles. The molecule has 0 aliphatic carbocycles. The quantitative estimate of drug-likeness (QED) is 0.729. The van der Waals surface area contributed by atoms with Crippen molar-refractivity contribution in [2.45, 2.75) is 39.4 Å². The average molecular weight is 362 g/mol. The van der Waals surface area contributed by atoms with E-state index in [1.54, 1.807) is 0 Å². The number of carbonyl (C=O) groups is 1. The van der Waals surface area contributed by atoms with Gasteiger partial charge in [-0.15, -0.1) is 0 Å². The molecule has 4 rings (SSSR count). The molecular formula is C22H26N4O. The molecule has 5 heteroatoms. The Labute approximate surface area is 160 Å². The molecule has 0 spiro atoms. The molecule has 1 amide bonds. The van der Waals surface area contributed by atoms with Gasteiger partial charge in [-0.05, 0) is 62.7 Å². The minimum atomic E-state index is -0.0482. The van der Waals surface area contributed by atoms with Crippen molar-refractivity contribution in [1.82, 2.24) is 19.8 Å². The molecular weight excluding hydrogens is 336 g/mol. The van der Waals surface area contributed by atoms with Crippen molar-refractivity contribution in [3.05, 3.63) is 65.5 Å². The minimum absolute atomic E-state index is 0.0482. The number of hydrogen-bond donors (Lipinski definition) is 1. The van der Waals surface area contributed by atoms with E-state index in [2.05, 4.69) is 38.8 Å². The fourth-order valence-corrected chi connectivity index (χ4v) is 3.88. The number of likely N-dealkylation sites (tertiary alicyclic amines) is 1. The van der Waals surface area contributed by atoms with Gasteiger partial charge in [0.15, 0.2) is 0 Å². The number of aryl methyl sites for hydroxylation is 1. The predicted octanol–water partition coefficient (Wildman–Crippen LogP) is 3.58. The Bertz CT molecular complexity index is 940. The summed E-state index contributed by atoms with van der Waals surface area (Å²) in [5.41, 5.74) is 3.99. The van der Waals surface area contributed by atoms with Gasteiger partial charge in [-0.1, -0.05) is 24.3 Å². The second-order valence-corrected chi connectivity index (χ2v) is 7.13. The zero-order chi connectivity index (χ0) is 18.6. The third kappa shape index (κ3) is 3.88. The molecule has 0 unspecified atom stereocenters. The Morgan fingerprint density at radius 1 is 1.11 bits per heavy atom. The van der Waals surface area contributed by atoms with Gasteiger partial charge in [-0.2, -0.15) is 0 Å². The number of hydrogen-bond acceptors (Lipinski definition) is 3. The lowest BCUT2D eigenvalue weighted by molar-refractivity contribution is 0.0949. The van der Waals surface area contributed by atoms with E-state index in [1.165, 1.54) is 18.4 Å². The van der Waals surface area contributed by atoms with E-state index in [9.17, 15) is 4.79 Å². The fourth-order valence-electron chi connectivity index (χ4n) is 3.88. The van der Waals surface area contributed by atoms with Gasteiger partial charge in [-0.25, -0.2) is 4.98 Å². The normalized spacial score (nSPS) is 14.7. The summed E-state index contributed by atoms with van der Waals surface area (Å²) in [6.07, 6.45) is 2.55. The second kappa shape index (κ2) is 7.92. The van der Waals surface area contributed by atoms with E-state index in [4.69, 9.17) is 0 Å². The van der Waals surface area contributed by atoms with Crippen LogP contribution >= 0.6 is 0 Å². The Morgan fingerprint density at radius 3 is 2.74 bits per heavy atom. The van der Waals surface area contributed by atoms with Crippen molar-refractivity contribution in [2.75, 3.05) is 13.1 Å². The van der Waals surface area contributed by atoms with Gasteiger partial charge in [0.05, 0.1) is 17.6 Å². The summed E-state index contributed by atoms with van der Waals surface area (Å²) in [7, 11) is 0. The molecule has 27 heavy (non-hydrogen) atoms. The number of nitrogens with one attached hydrogen (secondary N) is 1. The number of para-hydroxylation sites is 2. The van der Waals surface area contributed by atoms with Crippen LogP contribution in [0.4, 0.5) is 0 Å². The van der Waals surface area contributed by atoms with Crippen LogP contribution < -0.4 is 5.32 Å². The monoisotopic (exact) mass is 362 g/mol. The Kier molecular flexibility index (Phi) is 5.21. The van der Waals surface area contributed by atoms with Gasteiger partial charge < -0.3 is 9.88 Å². The minimum Gasteiger partial charge on any atom is -0.345 e. The van der Waals surface area contributed by atoms with Gasteiger partial charge in [0.25, 0.3) is 5.91 Å². The van der Waals surface area contributed by atoms with Crippen LogP contribution in [0, 0.1) is 0 Å². The number of aromatic nitrogens is 2. The first-order valence-electron chi connectivity index (χ1n) is 9.78. The second-order valence-electron chi connectivity index (χ2n) is 7.13. The van der Waals surface area contributed by atoms with E-state index in [0.29, 0.717) is 12.1 Å². The summed E-state index contributed by atoms with van der Waals surface area (Å²) in [5, 5.41) is 3.04. The lowest BCUT2D eigenvalue weighted by Gasteiger charge is -2.15. The standard InChI is InChI=1S/C22H26N4O/c1-2-26-20-11-4-3-10-19(20)24-21(26)15-23-22(27)18-9-7-8-17(14-18)16-25-12-5-6-13-25/h3-4,7-11,14H,2,5-6,12-13,15-16H2,1H3,(H,23,27). The number of rotatable bonds is 6. The van der Waals surface area contributed by atoms with E-state index in [0.717, 1.165) is 43.0 Å². The summed E-state index contributed by atoms with van der Waals surface area (Å²) >= 11 is 0. The molecule has 3 aromatic rings. The van der Waals surface area contributed by atoms with Crippen LogP contribution in [0.5, 0.6) is 0 Å². The lowest BCUT2D eigenvalue weighted by atomic mass is 10.1. The Morgan fingerprint density at radius 2 is 1.93 bits per heavy atom. The topological polar surface area (TPSA) is 50.2 Å². The third-order valence-corrected chi connectivity index (χ3v) is 5.25. The molecule has 0 radical (unpaired) electrons. The molecule has 2 heterocycles. The number of carbonyl (C=O) groups excluding carboxylic acids is 1. The summed E-state index contributed by atoms with van der Waals surface area (Å²) in [5.74, 6) is 0.841. The molecule has 0 bridgehead atoms. The molecule has 1 fully saturated rings. The van der Waals surface area contributed by atoms with Crippen molar-refractivity contribution >= 4 is 16.9 Å². The molecule has 1 N–H and O–H groups in total. The first kappa shape index (κ1) is 17.7. The van der Waals surface area contributed by atoms with Crippen molar-refractivity contribution in [2.24, 2.45) is 0 Å². The Balaban J connectivity index is 1.45. The van der Waals surface area contributed by atoms with Crippen LogP contribution in [0.15, 0.2) is 48.5 Å². The van der Waals surface area contributed by atoms with Crippen LogP contribution in [0.2, 0.25) is 0 Å². The molecule has 1 aromatic heterocycles. The number of fused-ring (bicyclic) bond motifs is 1. The molecule has 140 valence electrons.